The van der Waals surface area contributed by atoms with Crippen LogP contribution in [0.3, 0.4) is 0 Å². The van der Waals surface area contributed by atoms with Crippen LogP contribution in [0.15, 0.2) is 34.9 Å². The molecule has 1 heterocycles. The van der Waals surface area contributed by atoms with Gasteiger partial charge in [-0.25, -0.2) is 0 Å². The molecule has 0 aliphatic heterocycles. The molecule has 2 aromatic rings. The molecular formula is C15H21N3O. The average molecular weight is 259 g/mol. The summed E-state index contributed by atoms with van der Waals surface area (Å²) in [5, 5.41) is 3.94. The molecule has 0 fully saturated rings. The van der Waals surface area contributed by atoms with E-state index in [1.165, 1.54) is 5.56 Å². The lowest BCUT2D eigenvalue weighted by Gasteiger charge is -2.24. The number of benzene rings is 1. The minimum atomic E-state index is 0.428. The molecule has 0 aliphatic carbocycles. The molecule has 19 heavy (non-hydrogen) atoms. The predicted octanol–water partition coefficient (Wildman–Crippen LogP) is 3.04. The summed E-state index contributed by atoms with van der Waals surface area (Å²) in [6.45, 7) is 7.97. The summed E-state index contributed by atoms with van der Waals surface area (Å²) < 4.78 is 5.27. The van der Waals surface area contributed by atoms with E-state index < -0.39 is 0 Å². The Morgan fingerprint density at radius 2 is 1.89 bits per heavy atom. The Morgan fingerprint density at radius 3 is 2.47 bits per heavy atom. The maximum absolute atomic E-state index is 5.27. The summed E-state index contributed by atoms with van der Waals surface area (Å²) >= 11 is 0. The van der Waals surface area contributed by atoms with E-state index in [4.69, 9.17) is 4.52 Å². The summed E-state index contributed by atoms with van der Waals surface area (Å²) in [4.78, 5) is 6.69. The summed E-state index contributed by atoms with van der Waals surface area (Å²) in [5.41, 5.74) is 1.30. The summed E-state index contributed by atoms with van der Waals surface area (Å²) in [6.07, 6.45) is 0.809. The monoisotopic (exact) mass is 259 g/mol. The molecule has 1 aromatic heterocycles. The van der Waals surface area contributed by atoms with Gasteiger partial charge in [0.15, 0.2) is 5.82 Å². The van der Waals surface area contributed by atoms with E-state index in [1.807, 2.05) is 13.0 Å². The predicted molar refractivity (Wildman–Crippen MR) is 74.5 cm³/mol. The van der Waals surface area contributed by atoms with Crippen LogP contribution >= 0.6 is 0 Å². The minimum absolute atomic E-state index is 0.428. The molecule has 1 aromatic carbocycles. The van der Waals surface area contributed by atoms with Crippen molar-refractivity contribution in [3.8, 4) is 0 Å². The first-order valence-corrected chi connectivity index (χ1v) is 6.78. The highest BCUT2D eigenvalue weighted by Crippen LogP contribution is 2.12. The molecule has 2 rings (SSSR count). The highest BCUT2D eigenvalue weighted by Gasteiger charge is 2.14. The summed E-state index contributed by atoms with van der Waals surface area (Å²) in [5.74, 6) is 1.47. The van der Waals surface area contributed by atoms with Crippen LogP contribution in [0.1, 0.15) is 38.0 Å². The number of hydrogen-bond donors (Lipinski definition) is 0. The van der Waals surface area contributed by atoms with Crippen molar-refractivity contribution in [2.24, 2.45) is 0 Å². The molecule has 0 bridgehead atoms. The first-order chi connectivity index (χ1) is 9.19. The van der Waals surface area contributed by atoms with E-state index in [2.05, 4.69) is 53.2 Å². The van der Waals surface area contributed by atoms with Crippen LogP contribution in [0.5, 0.6) is 0 Å². The van der Waals surface area contributed by atoms with Crippen molar-refractivity contribution < 1.29 is 4.52 Å². The van der Waals surface area contributed by atoms with E-state index >= 15 is 0 Å². The van der Waals surface area contributed by atoms with Crippen molar-refractivity contribution >= 4 is 0 Å². The van der Waals surface area contributed by atoms with E-state index in [0.29, 0.717) is 18.5 Å². The molecule has 0 amide bonds. The molecule has 102 valence electrons. The van der Waals surface area contributed by atoms with Gasteiger partial charge in [-0.2, -0.15) is 4.98 Å². The molecule has 0 atom stereocenters. The van der Waals surface area contributed by atoms with Gasteiger partial charge in [-0.1, -0.05) is 42.4 Å². The van der Waals surface area contributed by atoms with Crippen LogP contribution < -0.4 is 0 Å². The Morgan fingerprint density at radius 1 is 1.16 bits per heavy atom. The summed E-state index contributed by atoms with van der Waals surface area (Å²) in [7, 11) is 0. The SMILES string of the molecule is CCc1noc(CN(Cc2ccccc2)C(C)C)n1. The van der Waals surface area contributed by atoms with E-state index in [9.17, 15) is 0 Å². The first-order valence-electron chi connectivity index (χ1n) is 6.78. The molecule has 0 saturated carbocycles. The van der Waals surface area contributed by atoms with Crippen LogP contribution in [0.4, 0.5) is 0 Å². The van der Waals surface area contributed by atoms with Crippen molar-refractivity contribution in [1.82, 2.24) is 15.0 Å². The fourth-order valence-electron chi connectivity index (χ4n) is 1.91. The number of hydrogen-bond acceptors (Lipinski definition) is 4. The van der Waals surface area contributed by atoms with Crippen molar-refractivity contribution in [3.63, 3.8) is 0 Å². The maximum Gasteiger partial charge on any atom is 0.240 e. The third-order valence-electron chi connectivity index (χ3n) is 3.12. The normalized spacial score (nSPS) is 11.4. The molecular weight excluding hydrogens is 238 g/mol. The maximum atomic E-state index is 5.27. The standard InChI is InChI=1S/C15H21N3O/c1-4-14-16-15(19-17-14)11-18(12(2)3)10-13-8-6-5-7-9-13/h5-9,12H,4,10-11H2,1-3H3. The van der Waals surface area contributed by atoms with Gasteiger partial charge in [0.05, 0.1) is 6.54 Å². The molecule has 0 N–H and O–H groups in total. The lowest BCUT2D eigenvalue weighted by molar-refractivity contribution is 0.176. The lowest BCUT2D eigenvalue weighted by atomic mass is 10.2. The van der Waals surface area contributed by atoms with Crippen LogP contribution in [-0.2, 0) is 19.5 Å². The van der Waals surface area contributed by atoms with Gasteiger partial charge in [-0.3, -0.25) is 4.90 Å². The summed E-state index contributed by atoms with van der Waals surface area (Å²) in [6, 6.07) is 10.9. The van der Waals surface area contributed by atoms with E-state index in [0.717, 1.165) is 18.8 Å². The molecule has 4 nitrogen and oxygen atoms in total. The number of aromatic nitrogens is 2. The molecule has 0 aliphatic rings. The fraction of sp³-hybridized carbons (Fsp3) is 0.467. The average Bonchev–Trinajstić information content (AvgIpc) is 2.87. The van der Waals surface area contributed by atoms with E-state index in [1.54, 1.807) is 0 Å². The third kappa shape index (κ3) is 3.89. The van der Waals surface area contributed by atoms with Crippen LogP contribution in [0.25, 0.3) is 0 Å². The highest BCUT2D eigenvalue weighted by atomic mass is 16.5. The Labute approximate surface area is 114 Å². The van der Waals surface area contributed by atoms with Gasteiger partial charge in [0.2, 0.25) is 5.89 Å². The second-order valence-corrected chi connectivity index (χ2v) is 4.94. The molecule has 0 spiro atoms. The van der Waals surface area contributed by atoms with Gasteiger partial charge in [0.1, 0.15) is 0 Å². The van der Waals surface area contributed by atoms with Gasteiger partial charge in [0.25, 0.3) is 0 Å². The fourth-order valence-corrected chi connectivity index (χ4v) is 1.91. The minimum Gasteiger partial charge on any atom is -0.338 e. The Bertz CT molecular complexity index is 493. The number of nitrogens with zero attached hydrogens (tertiary/aromatic N) is 3. The van der Waals surface area contributed by atoms with Crippen molar-refractivity contribution in [2.75, 3.05) is 0 Å². The smallest absolute Gasteiger partial charge is 0.240 e. The number of aryl methyl sites for hydroxylation is 1. The zero-order chi connectivity index (χ0) is 13.7. The highest BCUT2D eigenvalue weighted by molar-refractivity contribution is 5.14. The van der Waals surface area contributed by atoms with Crippen molar-refractivity contribution in [2.45, 2.75) is 46.3 Å². The lowest BCUT2D eigenvalue weighted by Crippen LogP contribution is -2.29. The third-order valence-corrected chi connectivity index (χ3v) is 3.12. The van der Waals surface area contributed by atoms with Crippen LogP contribution in [0.2, 0.25) is 0 Å². The van der Waals surface area contributed by atoms with Crippen molar-refractivity contribution in [3.05, 3.63) is 47.6 Å². The van der Waals surface area contributed by atoms with Crippen LogP contribution in [0, 0.1) is 0 Å². The van der Waals surface area contributed by atoms with E-state index in [-0.39, 0.29) is 0 Å². The zero-order valence-electron chi connectivity index (χ0n) is 11.8. The van der Waals surface area contributed by atoms with Crippen LogP contribution in [-0.4, -0.2) is 21.1 Å². The molecule has 0 unspecified atom stereocenters. The quantitative estimate of drug-likeness (QED) is 0.799. The Balaban J connectivity index is 2.04. The zero-order valence-corrected chi connectivity index (χ0v) is 11.8. The van der Waals surface area contributed by atoms with Gasteiger partial charge in [0, 0.05) is 19.0 Å². The second kappa shape index (κ2) is 6.48. The Hall–Kier alpha value is -1.68. The first kappa shape index (κ1) is 13.7. The van der Waals surface area contributed by atoms with Gasteiger partial charge < -0.3 is 4.52 Å². The topological polar surface area (TPSA) is 42.2 Å². The second-order valence-electron chi connectivity index (χ2n) is 4.94. The van der Waals surface area contributed by atoms with Crippen molar-refractivity contribution in [1.29, 1.82) is 0 Å². The Kier molecular flexibility index (Phi) is 4.68. The molecule has 0 saturated heterocycles. The molecule has 0 radical (unpaired) electrons. The van der Waals surface area contributed by atoms with Gasteiger partial charge >= 0.3 is 0 Å². The van der Waals surface area contributed by atoms with Gasteiger partial charge in [-0.05, 0) is 19.4 Å². The van der Waals surface area contributed by atoms with Gasteiger partial charge in [-0.15, -0.1) is 0 Å². The number of rotatable bonds is 6. The largest absolute Gasteiger partial charge is 0.338 e. The molecule has 4 heteroatoms.